The van der Waals surface area contributed by atoms with Crippen LogP contribution in [0.4, 0.5) is 0 Å². The Bertz CT molecular complexity index is 664. The number of rotatable bonds is 8. The molecule has 0 aromatic rings. The molecule has 1 aliphatic rings. The predicted molar refractivity (Wildman–Crippen MR) is 61.9 cm³/mol. The molecule has 2 N–H and O–H groups in total. The van der Waals surface area contributed by atoms with Crippen LogP contribution >= 0.6 is 31.3 Å². The van der Waals surface area contributed by atoms with Crippen LogP contribution in [0.1, 0.15) is 0 Å². The lowest BCUT2D eigenvalue weighted by Crippen LogP contribution is -2.66. The molecular weight excluding hydrogens is 484 g/mol. The second kappa shape index (κ2) is 8.85. The molecule has 1 saturated carbocycles. The van der Waals surface area contributed by atoms with E-state index in [1.807, 2.05) is 0 Å². The van der Waals surface area contributed by atoms with Gasteiger partial charge in [-0.05, 0) is 0 Å². The van der Waals surface area contributed by atoms with Crippen molar-refractivity contribution in [3.63, 3.8) is 0 Å². The molecule has 0 aromatic carbocycles. The lowest BCUT2D eigenvalue weighted by molar-refractivity contribution is -0.379. The summed E-state index contributed by atoms with van der Waals surface area (Å²) in [6.07, 6.45) is -17.6. The Labute approximate surface area is 154 Å². The molecule has 0 amide bonds. The summed E-state index contributed by atoms with van der Waals surface area (Å²) in [5.41, 5.74) is 0. The van der Waals surface area contributed by atoms with E-state index in [1.54, 1.807) is 0 Å². The molecule has 0 unspecified atom stereocenters. The zero-order valence-corrected chi connectivity index (χ0v) is 16.3. The zero-order chi connectivity index (χ0) is 22.3. The van der Waals surface area contributed by atoms with E-state index in [0.717, 1.165) is 0 Å². The predicted octanol–water partition coefficient (Wildman–Crippen LogP) is -8.42. The van der Waals surface area contributed by atoms with Gasteiger partial charge in [0, 0.05) is 0 Å². The van der Waals surface area contributed by atoms with Crippen LogP contribution in [0.2, 0.25) is 0 Å². The van der Waals surface area contributed by atoms with Crippen molar-refractivity contribution in [2.24, 2.45) is 0 Å². The maximum Gasteiger partial charge on any atom is 0.121 e. The fraction of sp³-hybridized carbons (Fsp3) is 1.00. The third kappa shape index (κ3) is 8.62. The summed E-state index contributed by atoms with van der Waals surface area (Å²) in [5.74, 6) is 0. The van der Waals surface area contributed by atoms with Crippen molar-refractivity contribution < 1.29 is 85.7 Å². The standard InChI is InChI=1S/C6H16O18P4/c7-1-2(8)4(22-26(12,13)14)6(24-28(18,19)20)5(23-27(15,16)17)3(1)21-25(9,10)11/h1-8H,(H2,9,10,11)(H2,12,13,14)(H2,15,16,17)(H2,18,19,20)/p-8/t1-,2+,3-,4-,5+,6+/m0/s1. The molecular formula is C6H8O18P4-8. The number of hydrogen-bond acceptors (Lipinski definition) is 18. The van der Waals surface area contributed by atoms with Gasteiger partial charge in [-0.2, -0.15) is 0 Å². The monoisotopic (exact) mass is 492 g/mol. The Morgan fingerprint density at radius 3 is 0.821 bits per heavy atom. The number of hydrogen-bond donors (Lipinski definition) is 2. The van der Waals surface area contributed by atoms with Crippen LogP contribution < -0.4 is 39.1 Å². The van der Waals surface area contributed by atoms with Crippen LogP contribution in [0.5, 0.6) is 0 Å². The molecule has 0 radical (unpaired) electrons. The highest BCUT2D eigenvalue weighted by molar-refractivity contribution is 7.44. The molecule has 0 bridgehead atoms. The molecule has 0 aliphatic heterocycles. The maximum absolute atomic E-state index is 10.8. The molecule has 0 heterocycles. The minimum absolute atomic E-state index is 2.83. The van der Waals surface area contributed by atoms with Crippen molar-refractivity contribution in [2.45, 2.75) is 36.6 Å². The molecule has 6 atom stereocenters. The van der Waals surface area contributed by atoms with Crippen LogP contribution in [0.15, 0.2) is 0 Å². The minimum atomic E-state index is -6.28. The smallest absolute Gasteiger partial charge is 0.121 e. The van der Waals surface area contributed by atoms with Crippen LogP contribution in [-0.2, 0) is 36.4 Å². The molecule has 168 valence electrons. The maximum atomic E-state index is 10.8. The van der Waals surface area contributed by atoms with E-state index in [1.165, 1.54) is 0 Å². The van der Waals surface area contributed by atoms with Gasteiger partial charge >= 0.3 is 0 Å². The molecule has 0 saturated heterocycles. The first-order valence-electron chi connectivity index (χ1n) is 6.38. The van der Waals surface area contributed by atoms with Gasteiger partial charge in [0.25, 0.3) is 0 Å². The third-order valence-electron chi connectivity index (χ3n) is 3.00. The average molecular weight is 492 g/mol. The molecule has 1 fully saturated rings. The second-order valence-electron chi connectivity index (χ2n) is 5.05. The topological polar surface area (TPSA) is 330 Å². The Kier molecular flexibility index (Phi) is 8.34. The van der Waals surface area contributed by atoms with Crippen molar-refractivity contribution >= 4 is 31.3 Å². The van der Waals surface area contributed by atoms with Crippen molar-refractivity contribution in [1.29, 1.82) is 0 Å². The van der Waals surface area contributed by atoms with E-state index in [2.05, 4.69) is 18.1 Å². The zero-order valence-electron chi connectivity index (χ0n) is 12.7. The summed E-state index contributed by atoms with van der Waals surface area (Å²) in [6, 6.07) is 0. The third-order valence-corrected chi connectivity index (χ3v) is 5.00. The summed E-state index contributed by atoms with van der Waals surface area (Å²) in [7, 11) is -24.9. The van der Waals surface area contributed by atoms with E-state index in [-0.39, 0.29) is 0 Å². The first-order chi connectivity index (χ1) is 12.2. The summed E-state index contributed by atoms with van der Waals surface area (Å²) in [5, 5.41) is 19.5. The number of phosphoric ester groups is 4. The van der Waals surface area contributed by atoms with Crippen molar-refractivity contribution in [2.75, 3.05) is 0 Å². The van der Waals surface area contributed by atoms with Gasteiger partial charge in [0.15, 0.2) is 0 Å². The number of aliphatic hydroxyl groups is 2. The largest absolute Gasteiger partial charge is 0.790 e. The Balaban J connectivity index is 3.53. The van der Waals surface area contributed by atoms with Crippen LogP contribution in [0, 0.1) is 0 Å². The normalized spacial score (nSPS) is 33.1. The highest BCUT2D eigenvalue weighted by Crippen LogP contribution is 2.46. The first-order valence-corrected chi connectivity index (χ1v) is 12.2. The Morgan fingerprint density at radius 1 is 0.464 bits per heavy atom. The highest BCUT2D eigenvalue weighted by atomic mass is 31.2. The van der Waals surface area contributed by atoms with E-state index in [0.29, 0.717) is 0 Å². The summed E-state index contributed by atoms with van der Waals surface area (Å²) in [6.45, 7) is 0. The minimum Gasteiger partial charge on any atom is -0.790 e. The quantitative estimate of drug-likeness (QED) is 0.297. The fourth-order valence-electron chi connectivity index (χ4n) is 2.23. The molecule has 1 rings (SSSR count). The number of aliphatic hydroxyl groups excluding tert-OH is 2. The van der Waals surface area contributed by atoms with Gasteiger partial charge in [-0.3, -0.25) is 0 Å². The van der Waals surface area contributed by atoms with Crippen molar-refractivity contribution in [1.82, 2.24) is 0 Å². The summed E-state index contributed by atoms with van der Waals surface area (Å²) < 4.78 is 58.0. The summed E-state index contributed by atoms with van der Waals surface area (Å²) >= 11 is 0. The van der Waals surface area contributed by atoms with Crippen molar-refractivity contribution in [3.8, 4) is 0 Å². The molecule has 22 heteroatoms. The lowest BCUT2D eigenvalue weighted by Gasteiger charge is -2.53. The molecule has 0 spiro atoms. The highest BCUT2D eigenvalue weighted by Gasteiger charge is 2.54. The SMILES string of the molecule is O=P([O-])([O-])O[C@H]1[C@H](OP(=O)([O-])[O-])[C@@H](OP(=O)([O-])[O-])[C@@H](O)[C@@H](O)[C@@H]1OP(=O)([O-])[O-]. The Hall–Kier alpha value is 0.360. The van der Waals surface area contributed by atoms with Gasteiger partial charge in [0.2, 0.25) is 0 Å². The van der Waals surface area contributed by atoms with E-state index < -0.39 is 67.9 Å². The van der Waals surface area contributed by atoms with E-state index >= 15 is 0 Å². The summed E-state index contributed by atoms with van der Waals surface area (Å²) in [4.78, 5) is 86.3. The molecule has 28 heavy (non-hydrogen) atoms. The molecule has 18 nitrogen and oxygen atoms in total. The lowest BCUT2D eigenvalue weighted by atomic mass is 9.85. The van der Waals surface area contributed by atoms with Crippen LogP contribution in [0.3, 0.4) is 0 Å². The van der Waals surface area contributed by atoms with Gasteiger partial charge in [-0.25, -0.2) is 0 Å². The Morgan fingerprint density at radius 2 is 0.643 bits per heavy atom. The second-order valence-corrected chi connectivity index (χ2v) is 9.47. The molecule has 1 aliphatic carbocycles. The van der Waals surface area contributed by atoms with Gasteiger partial charge in [0.1, 0.15) is 36.6 Å². The van der Waals surface area contributed by atoms with Gasteiger partial charge in [-0.1, -0.05) is 0 Å². The van der Waals surface area contributed by atoms with Gasteiger partial charge < -0.3 is 85.7 Å². The average Bonchev–Trinajstić information content (AvgIpc) is 2.39. The van der Waals surface area contributed by atoms with Gasteiger partial charge in [-0.15, -0.1) is 0 Å². The van der Waals surface area contributed by atoms with Crippen molar-refractivity contribution in [3.05, 3.63) is 0 Å². The molecule has 0 aromatic heterocycles. The first kappa shape index (κ1) is 26.4. The fourth-order valence-corrected chi connectivity index (χ4v) is 4.39. The van der Waals surface area contributed by atoms with Crippen LogP contribution in [0.25, 0.3) is 0 Å². The number of phosphoric acid groups is 4. The van der Waals surface area contributed by atoms with E-state index in [9.17, 15) is 67.6 Å². The van der Waals surface area contributed by atoms with Crippen LogP contribution in [-0.4, -0.2) is 46.8 Å². The van der Waals surface area contributed by atoms with Gasteiger partial charge in [0.05, 0.1) is 31.3 Å². The van der Waals surface area contributed by atoms with E-state index in [4.69, 9.17) is 0 Å².